The maximum absolute atomic E-state index is 12.4. The van der Waals surface area contributed by atoms with E-state index in [1.807, 2.05) is 37.3 Å². The number of nitrogens with one attached hydrogen (secondary N) is 1. The van der Waals surface area contributed by atoms with E-state index in [2.05, 4.69) is 5.32 Å². The number of carbonyl (C=O) groups is 2. The molecule has 28 heavy (non-hydrogen) atoms. The molecule has 2 aromatic rings. The van der Waals surface area contributed by atoms with Gasteiger partial charge in [-0.3, -0.25) is 9.59 Å². The number of hydrogen-bond donors (Lipinski definition) is 1. The summed E-state index contributed by atoms with van der Waals surface area (Å²) < 4.78 is 5.64. The molecular weight excluding hydrogens is 376 g/mol. The fourth-order valence-corrected chi connectivity index (χ4v) is 3.55. The van der Waals surface area contributed by atoms with Crippen LogP contribution in [0.5, 0.6) is 5.75 Å². The lowest BCUT2D eigenvalue weighted by atomic mass is 9.96. The van der Waals surface area contributed by atoms with Crippen molar-refractivity contribution >= 4 is 23.4 Å². The van der Waals surface area contributed by atoms with Crippen LogP contribution in [0.25, 0.3) is 0 Å². The van der Waals surface area contributed by atoms with E-state index in [1.165, 1.54) is 0 Å². The number of benzene rings is 2. The first kappa shape index (κ1) is 20.2. The minimum atomic E-state index is -0.0579. The van der Waals surface area contributed by atoms with E-state index < -0.39 is 0 Å². The lowest BCUT2D eigenvalue weighted by molar-refractivity contribution is -0.137. The highest BCUT2D eigenvalue weighted by molar-refractivity contribution is 6.30. The van der Waals surface area contributed by atoms with Gasteiger partial charge in [0.2, 0.25) is 5.91 Å². The molecule has 148 valence electrons. The quantitative estimate of drug-likeness (QED) is 0.806. The first-order chi connectivity index (χ1) is 13.5. The molecule has 2 amide bonds. The summed E-state index contributed by atoms with van der Waals surface area (Å²) in [4.78, 5) is 26.6. The standard InChI is InChI=1S/C22H25ClN2O3/c1-16-13-19(23)7-8-20(16)28-15-21(26)25-11-9-18(10-12-25)22(27)24-14-17-5-3-2-4-6-17/h2-8,13,18H,9-12,14-15H2,1H3,(H,24,27). The Morgan fingerprint density at radius 2 is 1.86 bits per heavy atom. The molecule has 1 N–H and O–H groups in total. The second kappa shape index (κ2) is 9.60. The number of rotatable bonds is 6. The van der Waals surface area contributed by atoms with Gasteiger partial charge in [0.05, 0.1) is 0 Å². The van der Waals surface area contributed by atoms with Crippen molar-refractivity contribution in [3.8, 4) is 5.75 Å². The summed E-state index contributed by atoms with van der Waals surface area (Å²) in [6, 6.07) is 15.2. The Balaban J connectivity index is 1.41. The minimum absolute atomic E-state index is 0.00660. The number of halogens is 1. The second-order valence-electron chi connectivity index (χ2n) is 7.06. The molecule has 1 saturated heterocycles. The molecular formula is C22H25ClN2O3. The SMILES string of the molecule is Cc1cc(Cl)ccc1OCC(=O)N1CCC(C(=O)NCc2ccccc2)CC1. The number of aryl methyl sites for hydroxylation is 1. The molecule has 0 radical (unpaired) electrons. The fourth-order valence-electron chi connectivity index (χ4n) is 3.33. The van der Waals surface area contributed by atoms with Gasteiger partial charge in [0.15, 0.2) is 6.61 Å². The van der Waals surface area contributed by atoms with Crippen molar-refractivity contribution < 1.29 is 14.3 Å². The summed E-state index contributed by atoms with van der Waals surface area (Å²) in [6.07, 6.45) is 1.35. The topological polar surface area (TPSA) is 58.6 Å². The third-order valence-electron chi connectivity index (χ3n) is 5.02. The highest BCUT2D eigenvalue weighted by Crippen LogP contribution is 2.22. The summed E-state index contributed by atoms with van der Waals surface area (Å²) in [7, 11) is 0. The Kier molecular flexibility index (Phi) is 6.93. The Hall–Kier alpha value is -2.53. The zero-order valence-electron chi connectivity index (χ0n) is 16.0. The average molecular weight is 401 g/mol. The van der Waals surface area contributed by atoms with Crippen LogP contribution in [0.1, 0.15) is 24.0 Å². The average Bonchev–Trinajstić information content (AvgIpc) is 2.72. The smallest absolute Gasteiger partial charge is 0.260 e. The molecule has 1 aliphatic rings. The molecule has 2 aromatic carbocycles. The van der Waals surface area contributed by atoms with Crippen molar-refractivity contribution in [2.75, 3.05) is 19.7 Å². The van der Waals surface area contributed by atoms with E-state index >= 15 is 0 Å². The van der Waals surface area contributed by atoms with E-state index in [1.54, 1.807) is 23.1 Å². The summed E-state index contributed by atoms with van der Waals surface area (Å²) >= 11 is 5.93. The van der Waals surface area contributed by atoms with Gasteiger partial charge in [-0.15, -0.1) is 0 Å². The molecule has 6 heteroatoms. The van der Waals surface area contributed by atoms with Gasteiger partial charge in [0.1, 0.15) is 5.75 Å². The molecule has 3 rings (SSSR count). The second-order valence-corrected chi connectivity index (χ2v) is 7.49. The first-order valence-corrected chi connectivity index (χ1v) is 9.89. The van der Waals surface area contributed by atoms with Crippen molar-refractivity contribution in [2.24, 2.45) is 5.92 Å². The highest BCUT2D eigenvalue weighted by Gasteiger charge is 2.27. The van der Waals surface area contributed by atoms with E-state index in [4.69, 9.17) is 16.3 Å². The van der Waals surface area contributed by atoms with Crippen molar-refractivity contribution in [1.29, 1.82) is 0 Å². The number of nitrogens with zero attached hydrogens (tertiary/aromatic N) is 1. The van der Waals surface area contributed by atoms with Crippen molar-refractivity contribution in [3.63, 3.8) is 0 Å². The predicted octanol–water partition coefficient (Wildman–Crippen LogP) is 3.58. The van der Waals surface area contributed by atoms with Crippen LogP contribution < -0.4 is 10.1 Å². The van der Waals surface area contributed by atoms with Crippen LogP contribution in [-0.4, -0.2) is 36.4 Å². The van der Waals surface area contributed by atoms with E-state index in [0.717, 1.165) is 11.1 Å². The van der Waals surface area contributed by atoms with Crippen LogP contribution in [0.3, 0.4) is 0 Å². The van der Waals surface area contributed by atoms with Crippen molar-refractivity contribution in [1.82, 2.24) is 10.2 Å². The Morgan fingerprint density at radius 1 is 1.14 bits per heavy atom. The molecule has 5 nitrogen and oxygen atoms in total. The molecule has 0 bridgehead atoms. The maximum Gasteiger partial charge on any atom is 0.260 e. The molecule has 0 spiro atoms. The van der Waals surface area contributed by atoms with E-state index in [0.29, 0.717) is 43.2 Å². The summed E-state index contributed by atoms with van der Waals surface area (Å²) in [5.41, 5.74) is 1.98. The van der Waals surface area contributed by atoms with Gasteiger partial charge in [-0.1, -0.05) is 41.9 Å². The van der Waals surface area contributed by atoms with Crippen LogP contribution in [0.2, 0.25) is 5.02 Å². The van der Waals surface area contributed by atoms with E-state index in [-0.39, 0.29) is 24.3 Å². The highest BCUT2D eigenvalue weighted by atomic mass is 35.5. The number of likely N-dealkylation sites (tertiary alicyclic amines) is 1. The summed E-state index contributed by atoms with van der Waals surface area (Å²) in [5.74, 6) is 0.613. The first-order valence-electron chi connectivity index (χ1n) is 9.51. The van der Waals surface area contributed by atoms with Crippen molar-refractivity contribution in [3.05, 3.63) is 64.7 Å². The number of hydrogen-bond acceptors (Lipinski definition) is 3. The Bertz CT molecular complexity index is 818. The molecule has 0 saturated carbocycles. The van der Waals surface area contributed by atoms with Gasteiger partial charge in [-0.2, -0.15) is 0 Å². The minimum Gasteiger partial charge on any atom is -0.483 e. The maximum atomic E-state index is 12.4. The Labute approximate surface area is 170 Å². The number of ether oxygens (including phenoxy) is 1. The Morgan fingerprint density at radius 3 is 2.54 bits per heavy atom. The van der Waals surface area contributed by atoms with Crippen LogP contribution in [0, 0.1) is 12.8 Å². The third kappa shape index (κ3) is 5.49. The van der Waals surface area contributed by atoms with Gasteiger partial charge in [0, 0.05) is 30.6 Å². The number of carbonyl (C=O) groups excluding carboxylic acids is 2. The zero-order chi connectivity index (χ0) is 19.9. The van der Waals surface area contributed by atoms with Gasteiger partial charge in [-0.25, -0.2) is 0 Å². The monoisotopic (exact) mass is 400 g/mol. The normalized spacial score (nSPS) is 14.6. The molecule has 1 aliphatic heterocycles. The van der Waals surface area contributed by atoms with Crippen LogP contribution >= 0.6 is 11.6 Å². The van der Waals surface area contributed by atoms with Gasteiger partial charge < -0.3 is 15.0 Å². The van der Waals surface area contributed by atoms with Gasteiger partial charge >= 0.3 is 0 Å². The molecule has 0 atom stereocenters. The van der Waals surface area contributed by atoms with Crippen LogP contribution in [0.15, 0.2) is 48.5 Å². The molecule has 0 aromatic heterocycles. The number of piperidine rings is 1. The van der Waals surface area contributed by atoms with Crippen LogP contribution in [-0.2, 0) is 16.1 Å². The van der Waals surface area contributed by atoms with E-state index in [9.17, 15) is 9.59 Å². The molecule has 0 unspecified atom stereocenters. The molecule has 1 fully saturated rings. The molecule has 0 aliphatic carbocycles. The van der Waals surface area contributed by atoms with Crippen molar-refractivity contribution in [2.45, 2.75) is 26.3 Å². The largest absolute Gasteiger partial charge is 0.483 e. The van der Waals surface area contributed by atoms with Crippen LogP contribution in [0.4, 0.5) is 0 Å². The molecule has 1 heterocycles. The van der Waals surface area contributed by atoms with Gasteiger partial charge in [0.25, 0.3) is 5.91 Å². The lowest BCUT2D eigenvalue weighted by Crippen LogP contribution is -2.44. The zero-order valence-corrected chi connectivity index (χ0v) is 16.7. The fraction of sp³-hybridized carbons (Fsp3) is 0.364. The summed E-state index contributed by atoms with van der Waals surface area (Å²) in [5, 5.41) is 3.63. The predicted molar refractivity (Wildman–Crippen MR) is 109 cm³/mol. The lowest BCUT2D eigenvalue weighted by Gasteiger charge is -2.31. The van der Waals surface area contributed by atoms with Gasteiger partial charge in [-0.05, 0) is 49.1 Å². The number of amides is 2. The summed E-state index contributed by atoms with van der Waals surface area (Å²) in [6.45, 7) is 3.57. The third-order valence-corrected chi connectivity index (χ3v) is 5.25.